The maximum absolute atomic E-state index is 11.8. The number of piperazine rings is 1. The summed E-state index contributed by atoms with van der Waals surface area (Å²) in [6, 6.07) is 11.4. The van der Waals surface area contributed by atoms with E-state index in [0.717, 1.165) is 22.1 Å². The first-order valence-electron chi connectivity index (χ1n) is 8.05. The molecular formula is C17H19ClN6OS. The summed E-state index contributed by atoms with van der Waals surface area (Å²) < 4.78 is 4.48. The van der Waals surface area contributed by atoms with Crippen molar-refractivity contribution in [2.45, 2.75) is 6.04 Å². The predicted molar refractivity (Wildman–Crippen MR) is 105 cm³/mol. The molecule has 3 N–H and O–H groups in total. The van der Waals surface area contributed by atoms with Crippen LogP contribution in [-0.2, 0) is 0 Å². The first kappa shape index (κ1) is 18.2. The molecule has 0 saturated carbocycles. The van der Waals surface area contributed by atoms with Crippen LogP contribution in [0.4, 0.5) is 9.93 Å². The number of benzene rings is 1. The molecule has 2 aromatic heterocycles. The summed E-state index contributed by atoms with van der Waals surface area (Å²) in [6.07, 6.45) is 3.76. The van der Waals surface area contributed by atoms with Crippen LogP contribution in [0.15, 0.2) is 48.8 Å². The van der Waals surface area contributed by atoms with Gasteiger partial charge in [0.25, 0.3) is 0 Å². The number of halogens is 1. The topological polar surface area (TPSA) is 91.1 Å². The van der Waals surface area contributed by atoms with E-state index in [9.17, 15) is 4.79 Å². The van der Waals surface area contributed by atoms with Crippen LogP contribution >= 0.6 is 23.9 Å². The third kappa shape index (κ3) is 3.51. The highest BCUT2D eigenvalue weighted by molar-refractivity contribution is 7.09. The lowest BCUT2D eigenvalue weighted by Crippen LogP contribution is -2.52. The van der Waals surface area contributed by atoms with Crippen LogP contribution in [0.2, 0.25) is 0 Å². The maximum atomic E-state index is 11.8. The molecule has 0 radical (unpaired) electrons. The molecule has 1 unspecified atom stereocenters. The highest BCUT2D eigenvalue weighted by Crippen LogP contribution is 2.30. The van der Waals surface area contributed by atoms with Crippen molar-refractivity contribution in [2.24, 2.45) is 5.73 Å². The number of anilines is 1. The number of nitrogens with one attached hydrogen (secondary N) is 1. The lowest BCUT2D eigenvalue weighted by molar-refractivity contribution is 0.175. The molecule has 3 heterocycles. The summed E-state index contributed by atoms with van der Waals surface area (Å²) in [7, 11) is 0. The van der Waals surface area contributed by atoms with Gasteiger partial charge < -0.3 is 20.5 Å². The van der Waals surface area contributed by atoms with Crippen LogP contribution < -0.4 is 10.6 Å². The van der Waals surface area contributed by atoms with Crippen molar-refractivity contribution >= 4 is 35.1 Å². The summed E-state index contributed by atoms with van der Waals surface area (Å²) in [5.74, 6) is 0.733. The van der Waals surface area contributed by atoms with E-state index in [2.05, 4.69) is 19.2 Å². The van der Waals surface area contributed by atoms with Crippen molar-refractivity contribution in [3.63, 3.8) is 0 Å². The molecule has 1 aromatic carbocycles. The number of amides is 2. The molecule has 2 amide bonds. The van der Waals surface area contributed by atoms with E-state index < -0.39 is 6.03 Å². The van der Waals surface area contributed by atoms with Gasteiger partial charge in [-0.2, -0.15) is 9.36 Å². The Morgan fingerprint density at radius 2 is 2.04 bits per heavy atom. The number of H-pyrrole nitrogens is 1. The fourth-order valence-electron chi connectivity index (χ4n) is 3.10. The second-order valence-electron chi connectivity index (χ2n) is 5.90. The molecule has 1 atom stereocenters. The molecule has 9 heteroatoms. The Kier molecular flexibility index (Phi) is 5.43. The van der Waals surface area contributed by atoms with E-state index in [0.29, 0.717) is 19.6 Å². The number of hydrogen-bond acceptors (Lipinski definition) is 5. The third-order valence-electron chi connectivity index (χ3n) is 4.39. The molecule has 1 saturated heterocycles. The van der Waals surface area contributed by atoms with Gasteiger partial charge in [0.2, 0.25) is 5.13 Å². The summed E-state index contributed by atoms with van der Waals surface area (Å²) in [5.41, 5.74) is 7.60. The van der Waals surface area contributed by atoms with Crippen LogP contribution in [0.3, 0.4) is 0 Å². The average Bonchev–Trinajstić information content (AvgIpc) is 3.34. The summed E-state index contributed by atoms with van der Waals surface area (Å²) in [4.78, 5) is 23.4. The van der Waals surface area contributed by atoms with Gasteiger partial charge in [0, 0.05) is 49.1 Å². The summed E-state index contributed by atoms with van der Waals surface area (Å²) in [5, 5.41) is 0.864. The Morgan fingerprint density at radius 3 is 2.73 bits per heavy atom. The number of rotatable bonds is 3. The Hall–Kier alpha value is -2.58. The molecule has 136 valence electrons. The molecule has 1 fully saturated rings. The highest BCUT2D eigenvalue weighted by atomic mass is 35.5. The predicted octanol–water partition coefficient (Wildman–Crippen LogP) is 2.90. The normalized spacial score (nSPS) is 17.0. The summed E-state index contributed by atoms with van der Waals surface area (Å²) in [6.45, 7) is 1.89. The van der Waals surface area contributed by atoms with Crippen LogP contribution in [0, 0.1) is 0 Å². The van der Waals surface area contributed by atoms with Gasteiger partial charge in [-0.15, -0.1) is 12.4 Å². The largest absolute Gasteiger partial charge is 0.367 e. The van der Waals surface area contributed by atoms with Crippen LogP contribution in [0.5, 0.6) is 0 Å². The van der Waals surface area contributed by atoms with Crippen molar-refractivity contribution in [2.75, 3.05) is 24.5 Å². The van der Waals surface area contributed by atoms with Crippen molar-refractivity contribution < 1.29 is 4.79 Å². The average molecular weight is 391 g/mol. The van der Waals surface area contributed by atoms with Gasteiger partial charge in [0.15, 0.2) is 5.82 Å². The monoisotopic (exact) mass is 390 g/mol. The van der Waals surface area contributed by atoms with Crippen molar-refractivity contribution in [3.8, 4) is 11.4 Å². The Morgan fingerprint density at radius 1 is 1.23 bits per heavy atom. The molecule has 26 heavy (non-hydrogen) atoms. The molecule has 4 rings (SSSR count). The summed E-state index contributed by atoms with van der Waals surface area (Å²) >= 11 is 1.38. The molecule has 1 aliphatic rings. The first-order valence-corrected chi connectivity index (χ1v) is 8.82. The fraction of sp³-hybridized carbons (Fsp3) is 0.235. The van der Waals surface area contributed by atoms with Gasteiger partial charge in [0.1, 0.15) is 0 Å². The van der Waals surface area contributed by atoms with E-state index in [-0.39, 0.29) is 18.4 Å². The van der Waals surface area contributed by atoms with E-state index in [1.165, 1.54) is 11.5 Å². The molecule has 1 aliphatic heterocycles. The SMILES string of the molecule is Cl.NC(=O)N1CCN(c2nc(-c3ccccc3)ns2)CC1c1cc[nH]c1. The number of aromatic amines is 1. The fourth-order valence-corrected chi connectivity index (χ4v) is 3.82. The van der Waals surface area contributed by atoms with E-state index in [4.69, 9.17) is 5.73 Å². The quantitative estimate of drug-likeness (QED) is 0.719. The van der Waals surface area contributed by atoms with Crippen LogP contribution in [0.1, 0.15) is 11.6 Å². The number of urea groups is 1. The van der Waals surface area contributed by atoms with E-state index in [1.807, 2.05) is 48.8 Å². The zero-order valence-electron chi connectivity index (χ0n) is 13.9. The number of primary amides is 1. The first-order chi connectivity index (χ1) is 12.2. The number of carbonyl (C=O) groups is 1. The third-order valence-corrected chi connectivity index (χ3v) is 5.17. The number of hydrogen-bond donors (Lipinski definition) is 2. The number of carbonyl (C=O) groups excluding carboxylic acids is 1. The van der Waals surface area contributed by atoms with Gasteiger partial charge >= 0.3 is 6.03 Å². The minimum Gasteiger partial charge on any atom is -0.367 e. The molecule has 7 nitrogen and oxygen atoms in total. The zero-order valence-corrected chi connectivity index (χ0v) is 15.5. The number of aromatic nitrogens is 3. The molecular weight excluding hydrogens is 372 g/mol. The van der Waals surface area contributed by atoms with Crippen molar-refractivity contribution in [1.29, 1.82) is 0 Å². The van der Waals surface area contributed by atoms with E-state index in [1.54, 1.807) is 4.90 Å². The molecule has 0 spiro atoms. The Balaban J connectivity index is 0.00000196. The van der Waals surface area contributed by atoms with Gasteiger partial charge in [-0.25, -0.2) is 4.79 Å². The van der Waals surface area contributed by atoms with Gasteiger partial charge in [-0.1, -0.05) is 30.3 Å². The van der Waals surface area contributed by atoms with Crippen molar-refractivity contribution in [1.82, 2.24) is 19.2 Å². The van der Waals surface area contributed by atoms with Crippen LogP contribution in [0.25, 0.3) is 11.4 Å². The zero-order chi connectivity index (χ0) is 17.2. The minimum absolute atomic E-state index is 0. The van der Waals surface area contributed by atoms with Crippen LogP contribution in [-0.4, -0.2) is 44.9 Å². The molecule has 0 bridgehead atoms. The second kappa shape index (κ2) is 7.76. The highest BCUT2D eigenvalue weighted by Gasteiger charge is 2.32. The molecule has 3 aromatic rings. The van der Waals surface area contributed by atoms with Gasteiger partial charge in [-0.05, 0) is 11.6 Å². The number of nitrogens with two attached hydrogens (primary N) is 1. The second-order valence-corrected chi connectivity index (χ2v) is 6.63. The number of nitrogens with zero attached hydrogens (tertiary/aromatic N) is 4. The molecule has 0 aliphatic carbocycles. The Bertz CT molecular complexity index is 853. The minimum atomic E-state index is -0.395. The standard InChI is InChI=1S/C17H18N6OS.ClH/c18-16(24)23-9-8-22(11-14(23)13-6-7-19-10-13)17-20-15(21-25-17)12-4-2-1-3-5-12;/h1-7,10,14,19H,8-9,11H2,(H2,18,24);1H. The van der Waals surface area contributed by atoms with Gasteiger partial charge in [0.05, 0.1) is 6.04 Å². The smallest absolute Gasteiger partial charge is 0.315 e. The van der Waals surface area contributed by atoms with Gasteiger partial charge in [-0.3, -0.25) is 0 Å². The van der Waals surface area contributed by atoms with E-state index >= 15 is 0 Å². The van der Waals surface area contributed by atoms with Crippen molar-refractivity contribution in [3.05, 3.63) is 54.4 Å². The lowest BCUT2D eigenvalue weighted by Gasteiger charge is -2.40. The maximum Gasteiger partial charge on any atom is 0.315 e. The lowest BCUT2D eigenvalue weighted by atomic mass is 10.1. The Labute approximate surface area is 161 Å².